The molecule has 150 valence electrons. The number of hydrogen-bond acceptors (Lipinski definition) is 3. The topological polar surface area (TPSA) is 58.6 Å². The van der Waals surface area contributed by atoms with Crippen molar-refractivity contribution in [3.8, 4) is 5.75 Å². The Morgan fingerprint density at radius 1 is 1.04 bits per heavy atom. The van der Waals surface area contributed by atoms with E-state index >= 15 is 0 Å². The van der Waals surface area contributed by atoms with Crippen molar-refractivity contribution in [3.05, 3.63) is 58.1 Å². The lowest BCUT2D eigenvalue weighted by Crippen LogP contribution is -2.30. The summed E-state index contributed by atoms with van der Waals surface area (Å²) < 4.78 is 5.57. The average molecular weight is 423 g/mol. The first-order valence-corrected chi connectivity index (χ1v) is 9.97. The Bertz CT molecular complexity index is 806. The van der Waals surface area contributed by atoms with Crippen LogP contribution in [0.25, 0.3) is 0 Å². The van der Waals surface area contributed by atoms with Gasteiger partial charge in [0.25, 0.3) is 5.91 Å². The fourth-order valence-corrected chi connectivity index (χ4v) is 3.08. The Hall–Kier alpha value is -2.24. The Kier molecular flexibility index (Phi) is 8.61. The molecule has 0 heterocycles. The van der Waals surface area contributed by atoms with Crippen molar-refractivity contribution in [1.29, 1.82) is 0 Å². The van der Waals surface area contributed by atoms with Crippen LogP contribution < -0.4 is 10.1 Å². The molecule has 7 heteroatoms. The molecule has 1 N–H and O–H groups in total. The second-order valence-electron chi connectivity index (χ2n) is 6.13. The highest BCUT2D eigenvalue weighted by atomic mass is 35.5. The van der Waals surface area contributed by atoms with Gasteiger partial charge in [0.15, 0.2) is 0 Å². The van der Waals surface area contributed by atoms with Crippen LogP contribution in [0.3, 0.4) is 0 Å². The standard InChI is InChI=1S/C21H24Cl2N2O3/c1-3-25(4-2)21(27)15-7-10-17(11-8-15)24-20(26)6-5-13-28-19-12-9-16(22)14-18(19)23/h7-12,14H,3-6,13H2,1-2H3,(H,24,26). The number of halogens is 2. The number of ether oxygens (including phenoxy) is 1. The third kappa shape index (κ3) is 6.43. The number of carbonyl (C=O) groups excluding carboxylic acids is 2. The normalized spacial score (nSPS) is 10.4. The number of benzene rings is 2. The molecule has 2 aromatic rings. The molecule has 5 nitrogen and oxygen atoms in total. The fraction of sp³-hybridized carbons (Fsp3) is 0.333. The fourth-order valence-electron chi connectivity index (χ4n) is 2.62. The SMILES string of the molecule is CCN(CC)C(=O)c1ccc(NC(=O)CCCOc2ccc(Cl)cc2Cl)cc1. The quantitative estimate of drug-likeness (QED) is 0.559. The molecule has 2 rings (SSSR count). The van der Waals surface area contributed by atoms with Crippen molar-refractivity contribution in [2.75, 3.05) is 25.0 Å². The van der Waals surface area contributed by atoms with Gasteiger partial charge in [-0.2, -0.15) is 0 Å². The van der Waals surface area contributed by atoms with E-state index in [0.29, 0.717) is 59.6 Å². The van der Waals surface area contributed by atoms with E-state index in [1.165, 1.54) is 0 Å². The van der Waals surface area contributed by atoms with Gasteiger partial charge in [0.2, 0.25) is 5.91 Å². The highest BCUT2D eigenvalue weighted by Crippen LogP contribution is 2.27. The lowest BCUT2D eigenvalue weighted by atomic mass is 10.1. The van der Waals surface area contributed by atoms with Crippen LogP contribution in [0.2, 0.25) is 10.0 Å². The highest BCUT2D eigenvalue weighted by Gasteiger charge is 2.12. The summed E-state index contributed by atoms with van der Waals surface area (Å²) in [7, 11) is 0. The Morgan fingerprint density at radius 2 is 1.71 bits per heavy atom. The summed E-state index contributed by atoms with van der Waals surface area (Å²) in [6.45, 7) is 5.58. The molecule has 0 aromatic heterocycles. The summed E-state index contributed by atoms with van der Waals surface area (Å²) in [6.07, 6.45) is 0.856. The smallest absolute Gasteiger partial charge is 0.253 e. The Balaban J connectivity index is 1.77. The summed E-state index contributed by atoms with van der Waals surface area (Å²) in [6, 6.07) is 11.9. The summed E-state index contributed by atoms with van der Waals surface area (Å²) in [5.74, 6) is 0.412. The summed E-state index contributed by atoms with van der Waals surface area (Å²) in [4.78, 5) is 26.1. The van der Waals surface area contributed by atoms with Crippen LogP contribution in [0.4, 0.5) is 5.69 Å². The molecule has 2 aromatic carbocycles. The van der Waals surface area contributed by atoms with Gasteiger partial charge < -0.3 is 15.0 Å². The molecule has 0 bridgehead atoms. The van der Waals surface area contributed by atoms with Gasteiger partial charge in [-0.1, -0.05) is 23.2 Å². The lowest BCUT2D eigenvalue weighted by molar-refractivity contribution is -0.116. The molecule has 0 spiro atoms. The second kappa shape index (κ2) is 10.9. The molecule has 2 amide bonds. The van der Waals surface area contributed by atoms with Crippen molar-refractivity contribution in [2.24, 2.45) is 0 Å². The summed E-state index contributed by atoms with van der Waals surface area (Å²) in [5.41, 5.74) is 1.26. The molecule has 0 unspecified atom stereocenters. The number of anilines is 1. The molecular formula is C21H24Cl2N2O3. The van der Waals surface area contributed by atoms with Crippen molar-refractivity contribution in [3.63, 3.8) is 0 Å². The maximum absolute atomic E-state index is 12.3. The number of nitrogens with zero attached hydrogens (tertiary/aromatic N) is 1. The van der Waals surface area contributed by atoms with Crippen LogP contribution in [-0.4, -0.2) is 36.4 Å². The molecule has 0 saturated carbocycles. The van der Waals surface area contributed by atoms with E-state index in [4.69, 9.17) is 27.9 Å². The maximum atomic E-state index is 12.3. The number of rotatable bonds is 9. The number of nitrogens with one attached hydrogen (secondary N) is 1. The van der Waals surface area contributed by atoms with Gasteiger partial charge in [0.1, 0.15) is 5.75 Å². The second-order valence-corrected chi connectivity index (χ2v) is 6.97. The van der Waals surface area contributed by atoms with Crippen molar-refractivity contribution in [2.45, 2.75) is 26.7 Å². The third-order valence-corrected chi connectivity index (χ3v) is 4.70. The molecule has 0 aliphatic rings. The van der Waals surface area contributed by atoms with E-state index in [9.17, 15) is 9.59 Å². The van der Waals surface area contributed by atoms with E-state index in [-0.39, 0.29) is 11.8 Å². The molecule has 0 atom stereocenters. The summed E-state index contributed by atoms with van der Waals surface area (Å²) >= 11 is 11.9. The summed E-state index contributed by atoms with van der Waals surface area (Å²) in [5, 5.41) is 3.80. The van der Waals surface area contributed by atoms with Gasteiger partial charge in [-0.25, -0.2) is 0 Å². The number of amides is 2. The van der Waals surface area contributed by atoms with E-state index < -0.39 is 0 Å². The largest absolute Gasteiger partial charge is 0.492 e. The molecular weight excluding hydrogens is 399 g/mol. The zero-order valence-corrected chi connectivity index (χ0v) is 17.5. The van der Waals surface area contributed by atoms with E-state index in [1.807, 2.05) is 13.8 Å². The minimum atomic E-state index is -0.117. The minimum absolute atomic E-state index is 0.0131. The van der Waals surface area contributed by atoms with Crippen LogP contribution in [0.15, 0.2) is 42.5 Å². The molecule has 0 saturated heterocycles. The molecule has 0 aliphatic carbocycles. The third-order valence-electron chi connectivity index (χ3n) is 4.17. The van der Waals surface area contributed by atoms with E-state index in [0.717, 1.165) is 0 Å². The van der Waals surface area contributed by atoms with Gasteiger partial charge in [0, 0.05) is 35.8 Å². The lowest BCUT2D eigenvalue weighted by Gasteiger charge is -2.18. The van der Waals surface area contributed by atoms with Gasteiger partial charge in [0.05, 0.1) is 11.6 Å². The maximum Gasteiger partial charge on any atom is 0.253 e. The first kappa shape index (κ1) is 22.1. The van der Waals surface area contributed by atoms with E-state index in [1.54, 1.807) is 47.4 Å². The first-order valence-electron chi connectivity index (χ1n) is 9.21. The molecule has 0 aliphatic heterocycles. The predicted octanol–water partition coefficient (Wildman–Crippen LogP) is 5.27. The van der Waals surface area contributed by atoms with Crippen molar-refractivity contribution in [1.82, 2.24) is 4.90 Å². The van der Waals surface area contributed by atoms with Crippen LogP contribution in [0.5, 0.6) is 5.75 Å². The van der Waals surface area contributed by atoms with Gasteiger partial charge in [-0.05, 0) is 62.7 Å². The van der Waals surface area contributed by atoms with Gasteiger partial charge in [-0.15, -0.1) is 0 Å². The average Bonchev–Trinajstić information content (AvgIpc) is 2.68. The molecule has 28 heavy (non-hydrogen) atoms. The van der Waals surface area contributed by atoms with Crippen LogP contribution in [0, 0.1) is 0 Å². The van der Waals surface area contributed by atoms with Crippen LogP contribution in [0.1, 0.15) is 37.0 Å². The number of hydrogen-bond donors (Lipinski definition) is 1. The highest BCUT2D eigenvalue weighted by molar-refractivity contribution is 6.35. The van der Waals surface area contributed by atoms with Crippen LogP contribution in [-0.2, 0) is 4.79 Å². The van der Waals surface area contributed by atoms with Crippen molar-refractivity contribution < 1.29 is 14.3 Å². The van der Waals surface area contributed by atoms with Crippen molar-refractivity contribution >= 4 is 40.7 Å². The van der Waals surface area contributed by atoms with E-state index in [2.05, 4.69) is 5.32 Å². The molecule has 0 fully saturated rings. The zero-order valence-electron chi connectivity index (χ0n) is 16.0. The Morgan fingerprint density at radius 3 is 2.32 bits per heavy atom. The first-order chi connectivity index (χ1) is 13.4. The monoisotopic (exact) mass is 422 g/mol. The minimum Gasteiger partial charge on any atom is -0.492 e. The van der Waals surface area contributed by atoms with Gasteiger partial charge in [-0.3, -0.25) is 9.59 Å². The zero-order chi connectivity index (χ0) is 20.5. The number of carbonyl (C=O) groups is 2. The van der Waals surface area contributed by atoms with Gasteiger partial charge >= 0.3 is 0 Å². The predicted molar refractivity (Wildman–Crippen MR) is 114 cm³/mol. The Labute approximate surface area is 175 Å². The molecule has 0 radical (unpaired) electrons. The van der Waals surface area contributed by atoms with Crippen LogP contribution >= 0.6 is 23.2 Å².